The van der Waals surface area contributed by atoms with Gasteiger partial charge in [-0.15, -0.1) is 0 Å². The minimum absolute atomic E-state index is 0.000743. The molecule has 5 saturated carbocycles. The van der Waals surface area contributed by atoms with E-state index in [2.05, 4.69) is 172 Å². The summed E-state index contributed by atoms with van der Waals surface area (Å²) in [6.07, 6.45) is 24.9. The molecule has 5 saturated heterocycles. The topological polar surface area (TPSA) is 358 Å². The average Bonchev–Trinajstić information content (AvgIpc) is 1.54. The lowest BCUT2D eigenvalue weighted by molar-refractivity contribution is -0.138. The quantitative estimate of drug-likeness (QED) is 0.0225. The Labute approximate surface area is 809 Å². The molecule has 0 bridgehead atoms. The molecule has 10 fully saturated rings. The number of aromatic amines is 5. The number of para-hydroxylation sites is 1. The van der Waals surface area contributed by atoms with Gasteiger partial charge in [0.05, 0.1) is 42.9 Å². The number of methoxy groups -OCH3 is 1. The first-order valence-electron chi connectivity index (χ1n) is 48.3. The van der Waals surface area contributed by atoms with Crippen LogP contribution in [0.25, 0.3) is 0 Å². The summed E-state index contributed by atoms with van der Waals surface area (Å²) < 4.78 is 88.5. The van der Waals surface area contributed by atoms with E-state index in [4.69, 9.17) is 16.3 Å². The molecule has 0 radical (unpaired) electrons. The molecule has 5 aliphatic carbocycles. The number of ether oxygens (including phenoxy) is 1. The Kier molecular flexibility index (Phi) is 26.9. The lowest BCUT2D eigenvalue weighted by atomic mass is 9.98. The second-order valence-electron chi connectivity index (χ2n) is 37.1. The minimum Gasteiger partial charge on any atom is -0.496 e. The Balaban J connectivity index is 0.000000104. The third-order valence-electron chi connectivity index (χ3n) is 27.3. The first kappa shape index (κ1) is 91.6. The van der Waals surface area contributed by atoms with Crippen LogP contribution in [-0.4, -0.2) is 141 Å². The molecule has 10 aliphatic rings. The Morgan fingerprint density at radius 3 is 0.921 bits per heavy atom. The lowest BCUT2D eigenvalue weighted by Gasteiger charge is -2.28. The molecule has 140 heavy (non-hydrogen) atoms. The maximum Gasteiger partial charge on any atom is 0.416 e. The van der Waals surface area contributed by atoms with Gasteiger partial charge in [0.2, 0.25) is 0 Å². The molecule has 5 aromatic carbocycles. The van der Waals surface area contributed by atoms with Crippen LogP contribution in [0.1, 0.15) is 250 Å². The number of benzene rings is 5. The van der Waals surface area contributed by atoms with Crippen molar-refractivity contribution in [1.82, 2.24) is 101 Å². The number of H-pyrrole nitrogens is 5. The molecule has 720 valence electrons. The van der Waals surface area contributed by atoms with Crippen molar-refractivity contribution in [2.75, 3.05) is 90.9 Å². The van der Waals surface area contributed by atoms with E-state index in [1.807, 2.05) is 94.7 Å². The molecule has 10 N–H and O–H groups in total. The van der Waals surface area contributed by atoms with Crippen molar-refractivity contribution in [2.24, 2.45) is 0 Å². The summed E-state index contributed by atoms with van der Waals surface area (Å²) in [5.41, 5.74) is 8.98. The van der Waals surface area contributed by atoms with Gasteiger partial charge in [-0.25, -0.2) is 63.0 Å². The highest BCUT2D eigenvalue weighted by Gasteiger charge is 2.41. The van der Waals surface area contributed by atoms with Gasteiger partial charge in [-0.1, -0.05) is 84.4 Å². The zero-order chi connectivity index (χ0) is 95.2. The first-order chi connectivity index (χ1) is 68.5. The minimum atomic E-state index is -4.39. The zero-order valence-corrected chi connectivity index (χ0v) is 77.8. The van der Waals surface area contributed by atoms with Crippen LogP contribution >= 0.6 is 11.6 Å². The normalized spacial score (nSPS) is 19.3. The predicted molar refractivity (Wildman–Crippen MR) is 525 cm³/mol. The number of hydrogen-bond donors (Lipinski definition) is 10. The van der Waals surface area contributed by atoms with Crippen LogP contribution in [0, 0.1) is 17.5 Å². The van der Waals surface area contributed by atoms with Crippen LogP contribution in [-0.2, 0) is 6.18 Å². The van der Waals surface area contributed by atoms with Gasteiger partial charge >= 0.3 is 6.18 Å². The van der Waals surface area contributed by atoms with Gasteiger partial charge in [-0.2, -0.15) is 38.7 Å². The largest absolute Gasteiger partial charge is 0.496 e. The molecular weight excluding hydrogens is 1810 g/mol. The van der Waals surface area contributed by atoms with Gasteiger partial charge in [0.1, 0.15) is 113 Å². The Hall–Kier alpha value is -14.8. The molecule has 5 unspecified atom stereocenters. The molecular formula is C102H107ClF6N30O. The Morgan fingerprint density at radius 1 is 0.300 bits per heavy atom. The number of nitrogens with zero attached hydrogens (tertiary/aromatic N) is 20. The molecule has 31 nitrogen and oxygen atoms in total. The maximum atomic E-state index is 14.3. The Bertz CT molecular complexity index is 6610. The fourth-order valence-corrected chi connectivity index (χ4v) is 19.9. The van der Waals surface area contributed by atoms with Crippen LogP contribution in [0.5, 0.6) is 5.75 Å². The van der Waals surface area contributed by atoms with E-state index in [0.29, 0.717) is 88.8 Å². The van der Waals surface area contributed by atoms with E-state index in [9.17, 15) is 26.3 Å². The van der Waals surface area contributed by atoms with Gasteiger partial charge in [-0.05, 0) is 182 Å². The van der Waals surface area contributed by atoms with Crippen LogP contribution in [0.4, 0.5) is 114 Å². The monoisotopic (exact) mass is 1920 g/mol. The number of alkyl halides is 3. The number of rotatable bonds is 26. The summed E-state index contributed by atoms with van der Waals surface area (Å²) in [6, 6.07) is 52.2. The molecule has 15 aromatic rings. The highest BCUT2D eigenvalue weighted by Crippen LogP contribution is 2.49. The second-order valence-corrected chi connectivity index (χ2v) is 37.5. The van der Waals surface area contributed by atoms with Gasteiger partial charge in [0.25, 0.3) is 0 Å². The number of anilines is 15. The van der Waals surface area contributed by atoms with Gasteiger partial charge in [0.15, 0.2) is 29.1 Å². The van der Waals surface area contributed by atoms with E-state index in [-0.39, 0.29) is 41.6 Å². The summed E-state index contributed by atoms with van der Waals surface area (Å²) in [4.78, 5) is 54.5. The van der Waals surface area contributed by atoms with E-state index in [1.54, 1.807) is 50.4 Å². The van der Waals surface area contributed by atoms with Crippen molar-refractivity contribution in [3.8, 4) is 5.75 Å². The van der Waals surface area contributed by atoms with Gasteiger partial charge < -0.3 is 55.8 Å². The standard InChI is InChI=1S/C21H21F3N6.C21H24N6O.C20H21ClN6.C20H20F2N6.C20H21FN6/c22-21(23,24)15-5-2-1-4-14(15)17-6-3-9-30(17)20-11-18(25-12-26-20)27-19-10-16(28-29-19)13-7-8-13;1-28-18-7-3-2-5-15(18)17-6-4-10-27(17)21-12-19(22-13-23-21)24-20-11-16(25-26-20)14-8-9-14;21-15-5-2-1-4-14(15)17-6-3-9-27(17)20-11-18(22-12-23-20)24-19-10-16(25-26-19)13-7-8-13;21-13-5-6-15(22)14(8-13)17-2-1-7-28(17)20-10-18(23-11-24-20)25-19-9-16(26-27-19)12-3-4-12;21-15-5-2-1-4-14(15)17-6-3-9-27(17)20-11-18(22-12-23-20)24-19-10-16(25-26-19)13-7-8-13/h1-2,4-5,10-13,17H,3,6-9H2,(H2,25,26,27,28,29);2-3,5,7,11-14,17H,4,6,8-10H2,1H3,(H2,22,23,24,25,26);1-2,4-5,10-13,17H,3,6-9H2,(H2,22,23,24,25,26);5-6,8-12,17H,1-4,7H2,(H2,23,24,25,26,27);1-2,4-5,10-13,17H,3,6-9H2,(H2,22,23,24,25,26). The van der Waals surface area contributed by atoms with Crippen LogP contribution in [0.2, 0.25) is 5.02 Å². The predicted octanol–water partition coefficient (Wildman–Crippen LogP) is 22.9. The molecule has 25 rings (SSSR count). The third-order valence-corrected chi connectivity index (χ3v) is 27.7. The Morgan fingerprint density at radius 2 is 0.586 bits per heavy atom. The molecule has 5 aliphatic heterocycles. The van der Waals surface area contributed by atoms with Gasteiger partial charge in [-0.3, -0.25) is 25.5 Å². The van der Waals surface area contributed by atoms with E-state index in [0.717, 1.165) is 176 Å². The van der Waals surface area contributed by atoms with Crippen molar-refractivity contribution >= 4 is 98.9 Å². The fourth-order valence-electron chi connectivity index (χ4n) is 19.6. The molecule has 10 aromatic heterocycles. The van der Waals surface area contributed by atoms with Crippen LogP contribution in [0.3, 0.4) is 0 Å². The zero-order valence-electron chi connectivity index (χ0n) is 77.1. The van der Waals surface area contributed by atoms with E-state index >= 15 is 0 Å². The number of nitrogens with one attached hydrogen (secondary N) is 10. The van der Waals surface area contributed by atoms with Crippen molar-refractivity contribution in [2.45, 2.75) is 194 Å². The summed E-state index contributed by atoms with van der Waals surface area (Å²) in [5.74, 6) is 14.0. The molecule has 15 heterocycles. The summed E-state index contributed by atoms with van der Waals surface area (Å²) >= 11 is 6.45. The SMILES string of the molecule is COc1ccccc1C1CCCN1c1cc(Nc2cc(C3CC3)[nH]n2)ncn1.Clc1ccccc1C1CCCN1c1cc(Nc2cc(C3CC3)[nH]n2)ncn1.FC(F)(F)c1ccccc1C1CCCN1c1cc(Nc2cc(C3CC3)[nH]n2)ncn1.Fc1ccc(F)c(C2CCCN2c2cc(Nc3cc(C4CC4)[nH]n3)ncn2)c1.Fc1ccccc1C1CCCN1c1cc(Nc2cc(C3CC3)[nH]n2)ncn1. The summed E-state index contributed by atoms with van der Waals surface area (Å²) in [7, 11) is 1.73. The summed E-state index contributed by atoms with van der Waals surface area (Å²) in [5, 5.41) is 54.0. The first-order valence-corrected chi connectivity index (χ1v) is 48.7. The smallest absolute Gasteiger partial charge is 0.416 e. The number of halogens is 7. The van der Waals surface area contributed by atoms with E-state index in [1.165, 1.54) is 124 Å². The highest BCUT2D eigenvalue weighted by molar-refractivity contribution is 6.31. The highest BCUT2D eigenvalue weighted by atomic mass is 35.5. The van der Waals surface area contributed by atoms with Crippen LogP contribution in [0.15, 0.2) is 208 Å². The molecule has 5 atom stereocenters. The van der Waals surface area contributed by atoms with Gasteiger partial charge in [0, 0.05) is 173 Å². The number of hydrogen-bond acceptors (Lipinski definition) is 26. The van der Waals surface area contributed by atoms with Crippen LogP contribution < -0.4 is 55.8 Å². The van der Waals surface area contributed by atoms with Crippen molar-refractivity contribution in [3.05, 3.63) is 292 Å². The van der Waals surface area contributed by atoms with Crippen molar-refractivity contribution in [1.29, 1.82) is 0 Å². The van der Waals surface area contributed by atoms with E-state index < -0.39 is 23.4 Å². The third kappa shape index (κ3) is 21.9. The second kappa shape index (κ2) is 41.1. The lowest BCUT2D eigenvalue weighted by Crippen LogP contribution is -2.26. The molecule has 38 heteroatoms. The van der Waals surface area contributed by atoms with Crippen molar-refractivity contribution in [3.63, 3.8) is 0 Å². The fraction of sp³-hybridized carbons (Fsp3) is 0.363. The molecule has 0 spiro atoms. The molecule has 0 amide bonds. The number of aromatic nitrogens is 20. The average molecular weight is 1920 g/mol. The maximum absolute atomic E-state index is 14.3. The summed E-state index contributed by atoms with van der Waals surface area (Å²) in [6.45, 7) is 4.14. The van der Waals surface area contributed by atoms with Crippen molar-refractivity contribution < 1.29 is 31.1 Å².